The maximum atomic E-state index is 13.6. The lowest BCUT2D eigenvalue weighted by Gasteiger charge is -2.31. The highest BCUT2D eigenvalue weighted by atomic mass is 79.9. The van der Waals surface area contributed by atoms with Gasteiger partial charge in [0.2, 0.25) is 11.8 Å². The first-order chi connectivity index (χ1) is 16.2. The normalized spacial score (nSPS) is 12.0. The molecule has 2 amide bonds. The molecule has 34 heavy (non-hydrogen) atoms. The predicted molar refractivity (Wildman–Crippen MR) is 136 cm³/mol. The number of rotatable bonds is 9. The van der Waals surface area contributed by atoms with Gasteiger partial charge in [0.15, 0.2) is 0 Å². The summed E-state index contributed by atoms with van der Waals surface area (Å²) < 4.78 is 29.0. The average molecular weight is 544 g/mol. The van der Waals surface area contributed by atoms with Crippen molar-refractivity contribution in [1.29, 1.82) is 0 Å². The summed E-state index contributed by atoms with van der Waals surface area (Å²) in [5.41, 5.74) is 1.17. The monoisotopic (exact) mass is 543 g/mol. The molecule has 0 radical (unpaired) electrons. The fourth-order valence-electron chi connectivity index (χ4n) is 3.43. The first-order valence-corrected chi connectivity index (χ1v) is 12.9. The third-order valence-electron chi connectivity index (χ3n) is 5.33. The van der Waals surface area contributed by atoms with E-state index in [0.29, 0.717) is 5.69 Å². The predicted octanol–water partition coefficient (Wildman–Crippen LogP) is 3.81. The lowest BCUT2D eigenvalue weighted by Crippen LogP contribution is -2.50. The Morgan fingerprint density at radius 2 is 1.47 bits per heavy atom. The van der Waals surface area contributed by atoms with Gasteiger partial charge in [-0.25, -0.2) is 8.42 Å². The third kappa shape index (κ3) is 6.03. The fourth-order valence-corrected chi connectivity index (χ4v) is 5.13. The van der Waals surface area contributed by atoms with Gasteiger partial charge in [-0.15, -0.1) is 0 Å². The van der Waals surface area contributed by atoms with Crippen LogP contribution in [0.15, 0.2) is 94.3 Å². The Balaban J connectivity index is 2.00. The van der Waals surface area contributed by atoms with Crippen molar-refractivity contribution in [2.75, 3.05) is 17.9 Å². The van der Waals surface area contributed by atoms with Crippen LogP contribution >= 0.6 is 15.9 Å². The van der Waals surface area contributed by atoms with Crippen molar-refractivity contribution in [3.8, 4) is 0 Å². The number of nitrogens with one attached hydrogen (secondary N) is 1. The van der Waals surface area contributed by atoms with Crippen LogP contribution in [-0.2, 0) is 26.2 Å². The number of halogens is 1. The summed E-state index contributed by atoms with van der Waals surface area (Å²) in [7, 11) is -2.55. The van der Waals surface area contributed by atoms with Crippen molar-refractivity contribution in [3.05, 3.63) is 95.0 Å². The standard InChI is InChI=1S/C25H26BrN3O4S/c1-19(25(31)27-2)28(17-20-9-5-3-6-10-20)24(30)18-29(22-15-13-21(26)14-16-22)34(32,33)23-11-7-4-8-12-23/h3-16,19H,17-18H2,1-2H3,(H,27,31)/t19-/m1/s1. The Bertz CT molecular complexity index is 1220. The molecule has 3 rings (SSSR count). The van der Waals surface area contributed by atoms with Crippen LogP contribution in [-0.4, -0.2) is 44.8 Å². The number of nitrogens with zero attached hydrogens (tertiary/aromatic N) is 2. The van der Waals surface area contributed by atoms with E-state index < -0.39 is 28.5 Å². The molecule has 7 nitrogen and oxygen atoms in total. The molecule has 0 unspecified atom stereocenters. The van der Waals surface area contributed by atoms with Crippen molar-refractivity contribution >= 4 is 43.5 Å². The molecule has 0 spiro atoms. The Hall–Kier alpha value is -3.17. The number of hydrogen-bond donors (Lipinski definition) is 1. The van der Waals surface area contributed by atoms with Crippen molar-refractivity contribution in [1.82, 2.24) is 10.2 Å². The summed E-state index contributed by atoms with van der Waals surface area (Å²) in [4.78, 5) is 27.4. The van der Waals surface area contributed by atoms with E-state index in [-0.39, 0.29) is 17.3 Å². The van der Waals surface area contributed by atoms with Gasteiger partial charge in [0.25, 0.3) is 10.0 Å². The molecule has 0 aliphatic rings. The maximum Gasteiger partial charge on any atom is 0.264 e. The number of carbonyl (C=O) groups excluding carboxylic acids is 2. The molecule has 0 aromatic heterocycles. The van der Waals surface area contributed by atoms with E-state index in [2.05, 4.69) is 21.2 Å². The van der Waals surface area contributed by atoms with Gasteiger partial charge >= 0.3 is 0 Å². The van der Waals surface area contributed by atoms with Crippen LogP contribution in [0.1, 0.15) is 12.5 Å². The van der Waals surface area contributed by atoms with Crippen LogP contribution in [0.4, 0.5) is 5.69 Å². The highest BCUT2D eigenvalue weighted by Crippen LogP contribution is 2.26. The number of hydrogen-bond acceptors (Lipinski definition) is 4. The number of anilines is 1. The first kappa shape index (κ1) is 25.5. The van der Waals surface area contributed by atoms with Gasteiger partial charge in [-0.2, -0.15) is 0 Å². The summed E-state index contributed by atoms with van der Waals surface area (Å²) in [5, 5.41) is 2.56. The van der Waals surface area contributed by atoms with Crippen LogP contribution in [0.3, 0.4) is 0 Å². The van der Waals surface area contributed by atoms with E-state index in [9.17, 15) is 18.0 Å². The molecule has 9 heteroatoms. The summed E-state index contributed by atoms with van der Waals surface area (Å²) in [6, 6.07) is 23.1. The molecule has 0 fully saturated rings. The summed E-state index contributed by atoms with van der Waals surface area (Å²) in [6.45, 7) is 1.32. The number of sulfonamides is 1. The molecule has 0 aliphatic carbocycles. The van der Waals surface area contributed by atoms with E-state index >= 15 is 0 Å². The second-order valence-corrected chi connectivity index (χ2v) is 10.4. The van der Waals surface area contributed by atoms with E-state index in [0.717, 1.165) is 14.3 Å². The van der Waals surface area contributed by atoms with Gasteiger partial charge in [-0.05, 0) is 48.9 Å². The number of amides is 2. The largest absolute Gasteiger partial charge is 0.357 e. The van der Waals surface area contributed by atoms with Gasteiger partial charge in [-0.3, -0.25) is 13.9 Å². The van der Waals surface area contributed by atoms with E-state index in [1.165, 1.54) is 24.1 Å². The van der Waals surface area contributed by atoms with Crippen molar-refractivity contribution in [3.63, 3.8) is 0 Å². The topological polar surface area (TPSA) is 86.8 Å². The van der Waals surface area contributed by atoms with Crippen LogP contribution in [0.25, 0.3) is 0 Å². The van der Waals surface area contributed by atoms with Crippen molar-refractivity contribution in [2.24, 2.45) is 0 Å². The Labute approximate surface area is 208 Å². The minimum absolute atomic E-state index is 0.0691. The molecule has 0 heterocycles. The number of benzene rings is 3. The van der Waals surface area contributed by atoms with Crippen molar-refractivity contribution in [2.45, 2.75) is 24.4 Å². The molecule has 0 bridgehead atoms. The summed E-state index contributed by atoms with van der Waals surface area (Å²) >= 11 is 3.36. The van der Waals surface area contributed by atoms with Crippen LogP contribution in [0.2, 0.25) is 0 Å². The van der Waals surface area contributed by atoms with E-state index in [4.69, 9.17) is 0 Å². The Morgan fingerprint density at radius 1 is 0.912 bits per heavy atom. The van der Waals surface area contributed by atoms with Gasteiger partial charge in [0.05, 0.1) is 10.6 Å². The zero-order valence-electron chi connectivity index (χ0n) is 18.9. The first-order valence-electron chi connectivity index (χ1n) is 10.6. The zero-order chi connectivity index (χ0) is 24.7. The minimum atomic E-state index is -4.05. The average Bonchev–Trinajstić information content (AvgIpc) is 2.86. The lowest BCUT2D eigenvalue weighted by molar-refractivity contribution is -0.139. The molecule has 0 saturated heterocycles. The van der Waals surface area contributed by atoms with Gasteiger partial charge in [-0.1, -0.05) is 64.5 Å². The molecule has 1 atom stereocenters. The summed E-state index contributed by atoms with van der Waals surface area (Å²) in [6.07, 6.45) is 0. The second kappa shape index (κ2) is 11.3. The zero-order valence-corrected chi connectivity index (χ0v) is 21.3. The van der Waals surface area contributed by atoms with Crippen LogP contribution < -0.4 is 9.62 Å². The maximum absolute atomic E-state index is 13.6. The Kier molecular flexibility index (Phi) is 8.46. The molecule has 178 valence electrons. The number of carbonyl (C=O) groups is 2. The smallest absolute Gasteiger partial charge is 0.264 e. The molecule has 0 saturated carbocycles. The van der Waals surface area contributed by atoms with E-state index in [1.807, 2.05) is 30.3 Å². The third-order valence-corrected chi connectivity index (χ3v) is 7.65. The number of likely N-dealkylation sites (N-methyl/N-ethyl adjacent to an activating group) is 1. The SMILES string of the molecule is CNC(=O)[C@@H](C)N(Cc1ccccc1)C(=O)CN(c1ccc(Br)cc1)S(=O)(=O)c1ccccc1. The van der Waals surface area contributed by atoms with Gasteiger partial charge in [0, 0.05) is 18.1 Å². The second-order valence-electron chi connectivity index (χ2n) is 7.60. The van der Waals surface area contributed by atoms with Crippen LogP contribution in [0, 0.1) is 0 Å². The quantitative estimate of drug-likeness (QED) is 0.444. The minimum Gasteiger partial charge on any atom is -0.357 e. The lowest BCUT2D eigenvalue weighted by atomic mass is 10.1. The molecule has 0 aliphatic heterocycles. The van der Waals surface area contributed by atoms with Gasteiger partial charge < -0.3 is 10.2 Å². The summed E-state index contributed by atoms with van der Waals surface area (Å²) in [5.74, 6) is -0.840. The highest BCUT2D eigenvalue weighted by Gasteiger charge is 2.32. The highest BCUT2D eigenvalue weighted by molar-refractivity contribution is 9.10. The fraction of sp³-hybridized carbons (Fsp3) is 0.200. The van der Waals surface area contributed by atoms with Crippen LogP contribution in [0.5, 0.6) is 0 Å². The molecule has 3 aromatic rings. The molecular weight excluding hydrogens is 518 g/mol. The van der Waals surface area contributed by atoms with Gasteiger partial charge in [0.1, 0.15) is 12.6 Å². The van der Waals surface area contributed by atoms with E-state index in [1.54, 1.807) is 49.4 Å². The molecule has 1 N–H and O–H groups in total. The Morgan fingerprint density at radius 3 is 2.03 bits per heavy atom. The molecular formula is C25H26BrN3O4S. The molecule has 3 aromatic carbocycles. The van der Waals surface area contributed by atoms with Crippen molar-refractivity contribution < 1.29 is 18.0 Å².